The molecule has 0 spiro atoms. The highest BCUT2D eigenvalue weighted by atomic mass is 28.3. The Bertz CT molecular complexity index is 1130. The maximum Gasteiger partial charge on any atom is 0.145 e. The number of methoxy groups -OCH3 is 1. The lowest BCUT2D eigenvalue weighted by atomic mass is 9.99. The summed E-state index contributed by atoms with van der Waals surface area (Å²) >= 11 is 0. The number of rotatable bonds is 8. The van der Waals surface area contributed by atoms with Gasteiger partial charge >= 0.3 is 0 Å². The second-order valence-electron chi connectivity index (χ2n) is 9.16. The number of aliphatic hydroxyl groups is 1. The van der Waals surface area contributed by atoms with Gasteiger partial charge in [0.2, 0.25) is 0 Å². The van der Waals surface area contributed by atoms with Crippen molar-refractivity contribution >= 4 is 19.1 Å². The van der Waals surface area contributed by atoms with Crippen LogP contribution in [0.15, 0.2) is 30.3 Å². The number of hydrogen-bond donors (Lipinski definition) is 1. The molecule has 0 fully saturated rings. The lowest BCUT2D eigenvalue weighted by molar-refractivity contribution is 0.0812. The summed E-state index contributed by atoms with van der Waals surface area (Å²) in [7, 11) is 0.393. The average molecular weight is 438 g/mol. The first-order chi connectivity index (χ1) is 14.6. The first-order valence-electron chi connectivity index (χ1n) is 10.5. The van der Waals surface area contributed by atoms with Gasteiger partial charge in [0.1, 0.15) is 24.4 Å². The van der Waals surface area contributed by atoms with E-state index in [1.54, 1.807) is 19.2 Å². The number of benzene rings is 2. The van der Waals surface area contributed by atoms with E-state index in [1.165, 1.54) is 0 Å². The Kier molecular flexibility index (Phi) is 6.85. The van der Waals surface area contributed by atoms with Crippen LogP contribution in [0.5, 0.6) is 5.75 Å². The van der Waals surface area contributed by atoms with Crippen LogP contribution >= 0.6 is 0 Å². The molecule has 1 heterocycles. The fraction of sp³-hybridized carbons (Fsp3) is 0.417. The van der Waals surface area contributed by atoms with Crippen molar-refractivity contribution < 1.29 is 14.6 Å². The minimum Gasteiger partial charge on any atom is -0.496 e. The summed E-state index contributed by atoms with van der Waals surface area (Å²) < 4.78 is 13.5. The molecule has 7 heteroatoms. The Morgan fingerprint density at radius 3 is 2.58 bits per heavy atom. The summed E-state index contributed by atoms with van der Waals surface area (Å²) in [6, 6.07) is 12.5. The first-order valence-corrected chi connectivity index (χ1v) is 14.2. The Balaban J connectivity index is 2.05. The molecule has 164 valence electrons. The highest BCUT2D eigenvalue weighted by Gasteiger charge is 2.25. The summed E-state index contributed by atoms with van der Waals surface area (Å²) in [4.78, 5) is 4.70. The van der Waals surface area contributed by atoms with Crippen molar-refractivity contribution in [3.05, 3.63) is 58.4 Å². The summed E-state index contributed by atoms with van der Waals surface area (Å²) in [6.45, 7) is 11.8. The Labute approximate surface area is 185 Å². The van der Waals surface area contributed by atoms with Crippen LogP contribution in [0.25, 0.3) is 11.0 Å². The van der Waals surface area contributed by atoms with E-state index < -0.39 is 14.2 Å². The maximum atomic E-state index is 11.4. The molecule has 0 saturated carbocycles. The molecule has 2 aromatic carbocycles. The normalized spacial score (nSPS) is 12.7. The Morgan fingerprint density at radius 2 is 1.94 bits per heavy atom. The van der Waals surface area contributed by atoms with E-state index in [2.05, 4.69) is 25.7 Å². The van der Waals surface area contributed by atoms with Crippen LogP contribution in [0, 0.1) is 25.2 Å². The number of nitrogens with zero attached hydrogens (tertiary/aromatic N) is 3. The molecule has 1 atom stereocenters. The number of ether oxygens (including phenoxy) is 2. The summed E-state index contributed by atoms with van der Waals surface area (Å²) in [6.07, 6.45) is -0.992. The molecular formula is C24H31N3O3Si. The first kappa shape index (κ1) is 23.0. The molecule has 1 aromatic heterocycles. The molecule has 0 aliphatic carbocycles. The number of hydrogen-bond acceptors (Lipinski definition) is 5. The zero-order chi connectivity index (χ0) is 22.8. The van der Waals surface area contributed by atoms with Gasteiger partial charge in [-0.15, -0.1) is 0 Å². The van der Waals surface area contributed by atoms with Crippen molar-refractivity contribution in [2.24, 2.45) is 0 Å². The third-order valence-corrected chi connectivity index (χ3v) is 7.06. The predicted octanol–water partition coefficient (Wildman–Crippen LogP) is 4.93. The topological polar surface area (TPSA) is 80.3 Å². The second-order valence-corrected chi connectivity index (χ2v) is 14.8. The minimum absolute atomic E-state index is 0.284. The van der Waals surface area contributed by atoms with Crippen molar-refractivity contribution in [2.75, 3.05) is 13.7 Å². The van der Waals surface area contributed by atoms with Crippen molar-refractivity contribution in [3.63, 3.8) is 0 Å². The predicted molar refractivity (Wildman–Crippen MR) is 125 cm³/mol. The fourth-order valence-corrected chi connectivity index (χ4v) is 4.44. The number of nitriles is 1. The van der Waals surface area contributed by atoms with Gasteiger partial charge in [-0.3, -0.25) is 0 Å². The van der Waals surface area contributed by atoms with E-state index in [0.717, 1.165) is 22.7 Å². The Hall–Kier alpha value is -2.66. The molecule has 0 aliphatic rings. The molecule has 3 rings (SSSR count). The quantitative estimate of drug-likeness (QED) is 0.399. The average Bonchev–Trinajstić information content (AvgIpc) is 3.07. The molecule has 0 bridgehead atoms. The summed E-state index contributed by atoms with van der Waals surface area (Å²) in [5.41, 5.74) is 4.69. The molecule has 0 aliphatic heterocycles. The van der Waals surface area contributed by atoms with E-state index in [1.807, 2.05) is 36.6 Å². The molecule has 0 radical (unpaired) electrons. The number of aliphatic hydroxyl groups excluding tert-OH is 1. The minimum atomic E-state index is -1.21. The number of aromatic nitrogens is 2. The van der Waals surface area contributed by atoms with Gasteiger partial charge < -0.3 is 19.1 Å². The van der Waals surface area contributed by atoms with Crippen molar-refractivity contribution in [3.8, 4) is 11.8 Å². The third-order valence-electron chi connectivity index (χ3n) is 5.35. The van der Waals surface area contributed by atoms with Gasteiger partial charge in [-0.05, 0) is 55.3 Å². The molecule has 3 aromatic rings. The van der Waals surface area contributed by atoms with Crippen LogP contribution in [0.2, 0.25) is 25.7 Å². The highest BCUT2D eigenvalue weighted by Crippen LogP contribution is 2.35. The van der Waals surface area contributed by atoms with Gasteiger partial charge in [-0.2, -0.15) is 5.26 Å². The molecule has 1 N–H and O–H groups in total. The van der Waals surface area contributed by atoms with E-state index in [-0.39, 0.29) is 6.73 Å². The van der Waals surface area contributed by atoms with Crippen LogP contribution in [0.1, 0.15) is 34.2 Å². The number of aryl methyl sites for hydroxylation is 2. The van der Waals surface area contributed by atoms with Crippen molar-refractivity contribution in [1.82, 2.24) is 9.55 Å². The molecule has 0 saturated heterocycles. The standard InChI is InChI=1S/C24H31N3O3Si/c1-16-11-17(2)22(21(12-16)29-3)23(28)24-26-19-13-18(14-25)7-8-20(19)27(24)15-30-9-10-31(4,5)6/h7-8,11-13,23,28H,9-10,15H2,1-6H3. The monoisotopic (exact) mass is 437 g/mol. The van der Waals surface area contributed by atoms with Gasteiger partial charge in [0.05, 0.1) is 29.8 Å². The lowest BCUT2D eigenvalue weighted by Crippen LogP contribution is -2.22. The van der Waals surface area contributed by atoms with Gasteiger partial charge in [0.15, 0.2) is 0 Å². The largest absolute Gasteiger partial charge is 0.496 e. The number of fused-ring (bicyclic) bond motifs is 1. The van der Waals surface area contributed by atoms with Gasteiger partial charge in [0.25, 0.3) is 0 Å². The van der Waals surface area contributed by atoms with Crippen LogP contribution < -0.4 is 4.74 Å². The van der Waals surface area contributed by atoms with Gasteiger partial charge in [-0.25, -0.2) is 4.98 Å². The van der Waals surface area contributed by atoms with E-state index in [0.29, 0.717) is 34.8 Å². The summed E-state index contributed by atoms with van der Waals surface area (Å²) in [5.74, 6) is 1.10. The fourth-order valence-electron chi connectivity index (χ4n) is 3.68. The molecule has 31 heavy (non-hydrogen) atoms. The molecule has 0 amide bonds. The molecule has 6 nitrogen and oxygen atoms in total. The van der Waals surface area contributed by atoms with Crippen molar-refractivity contribution in [2.45, 2.75) is 52.4 Å². The van der Waals surface area contributed by atoms with E-state index in [9.17, 15) is 10.4 Å². The zero-order valence-electron chi connectivity index (χ0n) is 19.2. The summed E-state index contributed by atoms with van der Waals surface area (Å²) in [5, 5.41) is 20.7. The van der Waals surface area contributed by atoms with Gasteiger partial charge in [-0.1, -0.05) is 25.7 Å². The smallest absolute Gasteiger partial charge is 0.145 e. The third kappa shape index (κ3) is 5.16. The van der Waals surface area contributed by atoms with Crippen LogP contribution in [-0.4, -0.2) is 36.4 Å². The highest BCUT2D eigenvalue weighted by molar-refractivity contribution is 6.76. The lowest BCUT2D eigenvalue weighted by Gasteiger charge is -2.20. The number of imidazole rings is 1. The Morgan fingerprint density at radius 1 is 1.19 bits per heavy atom. The van der Waals surface area contributed by atoms with Crippen LogP contribution in [0.3, 0.4) is 0 Å². The van der Waals surface area contributed by atoms with Crippen molar-refractivity contribution in [1.29, 1.82) is 5.26 Å². The maximum absolute atomic E-state index is 11.4. The SMILES string of the molecule is COc1cc(C)cc(C)c1C(O)c1nc2cc(C#N)ccc2n1COCC[Si](C)(C)C. The van der Waals surface area contributed by atoms with E-state index in [4.69, 9.17) is 14.5 Å². The van der Waals surface area contributed by atoms with Gasteiger partial charge in [0, 0.05) is 20.2 Å². The van der Waals surface area contributed by atoms with Crippen LogP contribution in [-0.2, 0) is 11.5 Å². The molecule has 1 unspecified atom stereocenters. The second kappa shape index (κ2) is 9.23. The van der Waals surface area contributed by atoms with E-state index >= 15 is 0 Å². The molecular weight excluding hydrogens is 406 g/mol. The zero-order valence-corrected chi connectivity index (χ0v) is 20.2. The van der Waals surface area contributed by atoms with Crippen LogP contribution in [0.4, 0.5) is 0 Å².